The maximum absolute atomic E-state index is 12.8. The normalized spacial score (nSPS) is 12.1. The largest absolute Gasteiger partial charge is 0.492 e. The zero-order valence-electron chi connectivity index (χ0n) is 20.9. The monoisotopic (exact) mass is 471 g/mol. The predicted molar refractivity (Wildman–Crippen MR) is 132 cm³/mol. The zero-order valence-corrected chi connectivity index (χ0v) is 20.9. The van der Waals surface area contributed by atoms with E-state index in [9.17, 15) is 14.7 Å². The maximum Gasteiger partial charge on any atom is 0.415 e. The van der Waals surface area contributed by atoms with E-state index in [1.54, 1.807) is 36.1 Å². The lowest BCUT2D eigenvalue weighted by Crippen LogP contribution is -2.38. The number of aryl methyl sites for hydroxylation is 1. The summed E-state index contributed by atoms with van der Waals surface area (Å²) in [7, 11) is 0. The van der Waals surface area contributed by atoms with E-state index in [4.69, 9.17) is 14.2 Å². The van der Waals surface area contributed by atoms with Crippen LogP contribution in [0.3, 0.4) is 0 Å². The number of carbonyl (C=O) groups excluding carboxylic acids is 1. The summed E-state index contributed by atoms with van der Waals surface area (Å²) >= 11 is 0. The van der Waals surface area contributed by atoms with Gasteiger partial charge in [-0.1, -0.05) is 50.6 Å². The number of nitrogens with zero attached hydrogens (tertiary/aromatic N) is 1. The van der Waals surface area contributed by atoms with E-state index in [1.165, 1.54) is 0 Å². The average Bonchev–Trinajstić information content (AvgIpc) is 2.77. The van der Waals surface area contributed by atoms with Gasteiger partial charge in [0, 0.05) is 19.6 Å². The van der Waals surface area contributed by atoms with Crippen molar-refractivity contribution in [2.24, 2.45) is 5.41 Å². The Balaban J connectivity index is 1.93. The Morgan fingerprint density at radius 2 is 1.59 bits per heavy atom. The molecule has 0 spiro atoms. The Morgan fingerprint density at radius 3 is 2.15 bits per heavy atom. The lowest BCUT2D eigenvalue weighted by atomic mass is 9.92. The van der Waals surface area contributed by atoms with E-state index >= 15 is 0 Å². The number of aliphatic carboxylic acids is 1. The van der Waals surface area contributed by atoms with Crippen LogP contribution < -0.4 is 9.47 Å². The van der Waals surface area contributed by atoms with Crippen molar-refractivity contribution in [2.75, 3.05) is 26.3 Å². The van der Waals surface area contributed by atoms with Crippen molar-refractivity contribution >= 4 is 12.1 Å². The highest BCUT2D eigenvalue weighted by Crippen LogP contribution is 2.20. The molecule has 0 aromatic heterocycles. The molecule has 1 unspecified atom stereocenters. The van der Waals surface area contributed by atoms with Crippen molar-refractivity contribution in [1.29, 1.82) is 0 Å². The predicted octanol–water partition coefficient (Wildman–Crippen LogP) is 5.34. The van der Waals surface area contributed by atoms with Gasteiger partial charge in [-0.2, -0.15) is 0 Å². The van der Waals surface area contributed by atoms with Crippen molar-refractivity contribution in [3.8, 4) is 11.5 Å². The molecule has 1 N–H and O–H groups in total. The fraction of sp³-hybridized carbons (Fsp3) is 0.481. The minimum atomic E-state index is -0.977. The number of carbonyl (C=O) groups is 2. The molecule has 1 amide bonds. The summed E-state index contributed by atoms with van der Waals surface area (Å²) < 4.78 is 16.7. The van der Waals surface area contributed by atoms with E-state index in [0.29, 0.717) is 37.8 Å². The molecular formula is C27H37NO6. The Morgan fingerprint density at radius 1 is 0.971 bits per heavy atom. The Kier molecular flexibility index (Phi) is 10.4. The summed E-state index contributed by atoms with van der Waals surface area (Å²) in [4.78, 5) is 25.7. The molecule has 0 aliphatic rings. The molecule has 0 bridgehead atoms. The molecule has 34 heavy (non-hydrogen) atoms. The van der Waals surface area contributed by atoms with Crippen LogP contribution in [0.4, 0.5) is 4.79 Å². The van der Waals surface area contributed by atoms with Crippen LogP contribution in [0, 0.1) is 12.3 Å². The van der Waals surface area contributed by atoms with Gasteiger partial charge in [0.1, 0.15) is 18.1 Å². The van der Waals surface area contributed by atoms with Gasteiger partial charge >= 0.3 is 12.1 Å². The first-order valence-corrected chi connectivity index (χ1v) is 11.7. The zero-order chi connectivity index (χ0) is 25.1. The molecule has 7 heteroatoms. The van der Waals surface area contributed by atoms with Crippen molar-refractivity contribution in [3.05, 3.63) is 59.7 Å². The van der Waals surface area contributed by atoms with Crippen molar-refractivity contribution < 1.29 is 28.9 Å². The third-order valence-corrected chi connectivity index (χ3v) is 5.23. The quantitative estimate of drug-likeness (QED) is 0.450. The number of hydrogen-bond donors (Lipinski definition) is 1. The van der Waals surface area contributed by atoms with Gasteiger partial charge in [-0.3, -0.25) is 0 Å². The van der Waals surface area contributed by atoms with Crippen LogP contribution in [0.5, 0.6) is 11.5 Å². The van der Waals surface area contributed by atoms with Crippen molar-refractivity contribution in [1.82, 2.24) is 4.90 Å². The second-order valence-electron chi connectivity index (χ2n) is 9.46. The van der Waals surface area contributed by atoms with Crippen LogP contribution in [0.1, 0.15) is 45.2 Å². The summed E-state index contributed by atoms with van der Waals surface area (Å²) in [6, 6.07) is 14.6. The second-order valence-corrected chi connectivity index (χ2v) is 9.46. The molecule has 0 aliphatic heterocycles. The van der Waals surface area contributed by atoms with Gasteiger partial charge < -0.3 is 24.2 Å². The molecule has 0 saturated carbocycles. The van der Waals surface area contributed by atoms with Crippen LogP contribution in [-0.2, 0) is 16.0 Å². The Labute approximate surface area is 202 Å². The number of carboxylic acids is 1. The number of hydrogen-bond acceptors (Lipinski definition) is 5. The van der Waals surface area contributed by atoms with E-state index in [1.807, 2.05) is 31.2 Å². The highest BCUT2D eigenvalue weighted by atomic mass is 16.6. The number of benzene rings is 2. The molecule has 2 rings (SSSR count). The number of rotatable bonds is 12. The molecule has 0 saturated heterocycles. The van der Waals surface area contributed by atoms with Gasteiger partial charge in [-0.25, -0.2) is 9.59 Å². The summed E-state index contributed by atoms with van der Waals surface area (Å²) in [5.41, 5.74) is 2.02. The molecule has 0 heterocycles. The fourth-order valence-corrected chi connectivity index (χ4v) is 3.16. The lowest BCUT2D eigenvalue weighted by Gasteiger charge is -2.26. The van der Waals surface area contributed by atoms with Gasteiger partial charge in [-0.15, -0.1) is 0 Å². The molecule has 2 aromatic rings. The minimum Gasteiger partial charge on any atom is -0.492 e. The molecule has 0 aliphatic carbocycles. The standard InChI is InChI=1S/C27H37NO6/c1-6-32-24(25(29)30)19-21-9-13-22(14-10-21)33-18-17-28(16-15-27(3,4)5)26(31)34-23-11-7-20(2)8-12-23/h7-14,24H,6,15-19H2,1-5H3,(H,29,30). The first-order valence-electron chi connectivity index (χ1n) is 11.7. The van der Waals surface area contributed by atoms with Crippen LogP contribution in [0.15, 0.2) is 48.5 Å². The Hall–Kier alpha value is -3.06. The van der Waals surface area contributed by atoms with E-state index in [2.05, 4.69) is 20.8 Å². The van der Waals surface area contributed by atoms with E-state index < -0.39 is 18.2 Å². The van der Waals surface area contributed by atoms with Gasteiger partial charge in [0.15, 0.2) is 6.10 Å². The van der Waals surface area contributed by atoms with Crippen LogP contribution in [0.2, 0.25) is 0 Å². The third kappa shape index (κ3) is 9.83. The van der Waals surface area contributed by atoms with E-state index in [-0.39, 0.29) is 11.8 Å². The van der Waals surface area contributed by atoms with Gasteiger partial charge in [0.2, 0.25) is 0 Å². The summed E-state index contributed by atoms with van der Waals surface area (Å²) in [6.07, 6.45) is -0.153. The lowest BCUT2D eigenvalue weighted by molar-refractivity contribution is -0.149. The third-order valence-electron chi connectivity index (χ3n) is 5.23. The first kappa shape index (κ1) is 27.2. The molecule has 7 nitrogen and oxygen atoms in total. The minimum absolute atomic E-state index is 0.0778. The first-order chi connectivity index (χ1) is 16.1. The smallest absolute Gasteiger partial charge is 0.415 e. The topological polar surface area (TPSA) is 85.3 Å². The average molecular weight is 472 g/mol. The number of carboxylic acid groups (broad SMARTS) is 1. The van der Waals surface area contributed by atoms with Crippen molar-refractivity contribution in [2.45, 2.75) is 53.6 Å². The van der Waals surface area contributed by atoms with Crippen molar-refractivity contribution in [3.63, 3.8) is 0 Å². The Bertz CT molecular complexity index is 902. The number of amides is 1. The maximum atomic E-state index is 12.8. The summed E-state index contributed by atoms with van der Waals surface area (Å²) in [6.45, 7) is 11.7. The molecule has 1 atom stereocenters. The van der Waals surface area contributed by atoms with E-state index in [0.717, 1.165) is 17.5 Å². The molecule has 0 fully saturated rings. The molecule has 0 radical (unpaired) electrons. The summed E-state index contributed by atoms with van der Waals surface area (Å²) in [5.74, 6) is 0.185. The number of ether oxygens (including phenoxy) is 3. The van der Waals surface area contributed by atoms with Crippen LogP contribution >= 0.6 is 0 Å². The van der Waals surface area contributed by atoms with Gasteiger partial charge in [-0.05, 0) is 55.5 Å². The van der Waals surface area contributed by atoms with Gasteiger partial charge in [0.05, 0.1) is 6.54 Å². The molecule has 2 aromatic carbocycles. The second kappa shape index (κ2) is 13.0. The SMILES string of the molecule is CCOC(Cc1ccc(OCCN(CCC(C)(C)C)C(=O)Oc2ccc(C)cc2)cc1)C(=O)O. The highest BCUT2D eigenvalue weighted by Gasteiger charge is 2.20. The summed E-state index contributed by atoms with van der Waals surface area (Å²) in [5, 5.41) is 9.24. The van der Waals surface area contributed by atoms with Gasteiger partial charge in [0.25, 0.3) is 0 Å². The van der Waals surface area contributed by atoms with Crippen LogP contribution in [-0.4, -0.2) is 54.5 Å². The highest BCUT2D eigenvalue weighted by molar-refractivity contribution is 5.72. The van der Waals surface area contributed by atoms with Crippen LogP contribution in [0.25, 0.3) is 0 Å². The molecule has 186 valence electrons. The fourth-order valence-electron chi connectivity index (χ4n) is 3.16. The molecular weight excluding hydrogens is 434 g/mol.